The summed E-state index contributed by atoms with van der Waals surface area (Å²) in [5.41, 5.74) is 0.638. The van der Waals surface area contributed by atoms with E-state index in [1.165, 1.54) is 23.1 Å². The third-order valence-electron chi connectivity index (χ3n) is 2.09. The smallest absolute Gasteiger partial charge is 0.339 e. The second-order valence-corrected chi connectivity index (χ2v) is 3.23. The lowest BCUT2D eigenvalue weighted by Crippen LogP contribution is -2.02. The summed E-state index contributed by atoms with van der Waals surface area (Å²) in [6.07, 6.45) is 2.73. The van der Waals surface area contributed by atoms with Crippen LogP contribution >= 0.6 is 0 Å². The molecule has 0 saturated heterocycles. The van der Waals surface area contributed by atoms with E-state index in [1.807, 2.05) is 6.07 Å². The molecule has 1 N–H and O–H groups in total. The van der Waals surface area contributed by atoms with Crippen molar-refractivity contribution in [2.45, 2.75) is 6.92 Å². The average molecular weight is 229 g/mol. The summed E-state index contributed by atoms with van der Waals surface area (Å²) in [6, 6.07) is 3.33. The Morgan fingerprint density at radius 1 is 1.59 bits per heavy atom. The van der Waals surface area contributed by atoms with Gasteiger partial charge in [0.05, 0.1) is 5.69 Å². The van der Waals surface area contributed by atoms with Crippen molar-refractivity contribution in [3.63, 3.8) is 0 Å². The highest BCUT2D eigenvalue weighted by Crippen LogP contribution is 2.08. The predicted molar refractivity (Wildman–Crippen MR) is 55.6 cm³/mol. The maximum absolute atomic E-state index is 10.8. The summed E-state index contributed by atoms with van der Waals surface area (Å²) in [4.78, 5) is 18.7. The van der Waals surface area contributed by atoms with Crippen LogP contribution in [0.3, 0.4) is 0 Å². The number of carboxylic acids is 1. The molecule has 84 valence electrons. The highest BCUT2D eigenvalue weighted by molar-refractivity contribution is 5.88. The third kappa shape index (κ3) is 1.96. The molecule has 0 amide bonds. The number of aromatic nitrogens is 4. The quantitative estimate of drug-likeness (QED) is 0.805. The van der Waals surface area contributed by atoms with Gasteiger partial charge in [-0.1, -0.05) is 0 Å². The van der Waals surface area contributed by atoms with Crippen molar-refractivity contribution < 1.29 is 9.90 Å². The number of hydrogen-bond donors (Lipinski definition) is 1. The van der Waals surface area contributed by atoms with Gasteiger partial charge in [0, 0.05) is 12.4 Å². The molecule has 0 aliphatic heterocycles. The lowest BCUT2D eigenvalue weighted by molar-refractivity contribution is 0.0696. The molecule has 0 aliphatic carbocycles. The van der Waals surface area contributed by atoms with Crippen molar-refractivity contribution in [2.75, 3.05) is 0 Å². The van der Waals surface area contributed by atoms with E-state index in [0.717, 1.165) is 0 Å². The zero-order valence-corrected chi connectivity index (χ0v) is 8.82. The van der Waals surface area contributed by atoms with Crippen LogP contribution in [0.25, 0.3) is 5.95 Å². The standard InChI is InChI=1S/C10H7N5O2/c1-6-8(9(16)17)5-15(14-6)10-12-3-2-7(4-11)13-10/h2-3,5H,1H3,(H,16,17). The molecular weight excluding hydrogens is 222 g/mol. The fraction of sp³-hybridized carbons (Fsp3) is 0.100. The van der Waals surface area contributed by atoms with E-state index in [9.17, 15) is 4.79 Å². The number of hydrogen-bond acceptors (Lipinski definition) is 5. The maximum atomic E-state index is 10.8. The van der Waals surface area contributed by atoms with Gasteiger partial charge in [-0.25, -0.2) is 19.4 Å². The van der Waals surface area contributed by atoms with Gasteiger partial charge in [0.25, 0.3) is 5.95 Å². The molecule has 0 aromatic carbocycles. The SMILES string of the molecule is Cc1nn(-c2nccc(C#N)n2)cc1C(=O)O. The molecule has 0 saturated carbocycles. The maximum Gasteiger partial charge on any atom is 0.339 e. The Kier molecular flexibility index (Phi) is 2.54. The first-order chi connectivity index (χ1) is 8.11. The minimum atomic E-state index is -1.06. The number of aryl methyl sites for hydroxylation is 1. The van der Waals surface area contributed by atoms with E-state index in [1.54, 1.807) is 6.92 Å². The summed E-state index contributed by atoms with van der Waals surface area (Å²) in [5, 5.41) is 21.6. The van der Waals surface area contributed by atoms with Crippen LogP contribution in [0.15, 0.2) is 18.5 Å². The Morgan fingerprint density at radius 2 is 2.35 bits per heavy atom. The molecule has 0 aliphatic rings. The number of carboxylic acid groups (broad SMARTS) is 1. The fourth-order valence-electron chi connectivity index (χ4n) is 1.29. The first-order valence-electron chi connectivity index (χ1n) is 4.65. The van der Waals surface area contributed by atoms with Crippen LogP contribution in [0.5, 0.6) is 0 Å². The summed E-state index contributed by atoms with van der Waals surface area (Å²) < 4.78 is 1.24. The van der Waals surface area contributed by atoms with Crippen molar-refractivity contribution in [2.24, 2.45) is 0 Å². The van der Waals surface area contributed by atoms with Gasteiger partial charge in [0.1, 0.15) is 17.3 Å². The first kappa shape index (κ1) is 10.8. The number of nitriles is 1. The molecule has 2 rings (SSSR count). The Hall–Kier alpha value is -2.75. The largest absolute Gasteiger partial charge is 0.478 e. The summed E-state index contributed by atoms with van der Waals surface area (Å²) >= 11 is 0. The van der Waals surface area contributed by atoms with Gasteiger partial charge in [-0.3, -0.25) is 0 Å². The van der Waals surface area contributed by atoms with Gasteiger partial charge in [0.2, 0.25) is 0 Å². The third-order valence-corrected chi connectivity index (χ3v) is 2.09. The molecule has 2 aromatic heterocycles. The molecule has 0 fully saturated rings. The van der Waals surface area contributed by atoms with Crippen LogP contribution in [-0.2, 0) is 0 Å². The summed E-state index contributed by atoms with van der Waals surface area (Å²) in [7, 11) is 0. The Morgan fingerprint density at radius 3 is 2.94 bits per heavy atom. The lowest BCUT2D eigenvalue weighted by atomic mass is 10.3. The molecule has 0 radical (unpaired) electrons. The van der Waals surface area contributed by atoms with Crippen LogP contribution in [0, 0.1) is 18.3 Å². The number of rotatable bonds is 2. The normalized spacial score (nSPS) is 9.88. The van der Waals surface area contributed by atoms with Gasteiger partial charge in [-0.05, 0) is 13.0 Å². The second-order valence-electron chi connectivity index (χ2n) is 3.23. The number of aromatic carboxylic acids is 1. The van der Waals surface area contributed by atoms with Crippen LogP contribution in [0.4, 0.5) is 0 Å². The van der Waals surface area contributed by atoms with Crippen molar-refractivity contribution in [3.8, 4) is 12.0 Å². The van der Waals surface area contributed by atoms with Gasteiger partial charge < -0.3 is 5.11 Å². The van der Waals surface area contributed by atoms with Gasteiger partial charge in [-0.2, -0.15) is 10.4 Å². The number of carbonyl (C=O) groups is 1. The fourth-order valence-corrected chi connectivity index (χ4v) is 1.29. The van der Waals surface area contributed by atoms with Crippen LogP contribution in [-0.4, -0.2) is 30.8 Å². The van der Waals surface area contributed by atoms with Crippen molar-refractivity contribution in [1.29, 1.82) is 5.26 Å². The molecule has 2 heterocycles. The van der Waals surface area contributed by atoms with Crippen LogP contribution in [0.2, 0.25) is 0 Å². The lowest BCUT2D eigenvalue weighted by Gasteiger charge is -1.97. The van der Waals surface area contributed by atoms with Gasteiger partial charge in [-0.15, -0.1) is 0 Å². The van der Waals surface area contributed by atoms with Crippen molar-refractivity contribution in [3.05, 3.63) is 35.4 Å². The van der Waals surface area contributed by atoms with E-state index in [-0.39, 0.29) is 17.2 Å². The molecule has 17 heavy (non-hydrogen) atoms. The molecule has 0 atom stereocenters. The van der Waals surface area contributed by atoms with Gasteiger partial charge in [0.15, 0.2) is 0 Å². The van der Waals surface area contributed by atoms with Crippen molar-refractivity contribution in [1.82, 2.24) is 19.7 Å². The molecule has 7 nitrogen and oxygen atoms in total. The molecule has 0 unspecified atom stereocenters. The molecule has 0 bridgehead atoms. The first-order valence-corrected chi connectivity index (χ1v) is 4.65. The zero-order chi connectivity index (χ0) is 12.4. The van der Waals surface area contributed by atoms with Gasteiger partial charge >= 0.3 is 5.97 Å². The highest BCUT2D eigenvalue weighted by Gasteiger charge is 2.13. The van der Waals surface area contributed by atoms with E-state index in [4.69, 9.17) is 10.4 Å². The highest BCUT2D eigenvalue weighted by atomic mass is 16.4. The van der Waals surface area contributed by atoms with E-state index >= 15 is 0 Å². The van der Waals surface area contributed by atoms with Crippen LogP contribution in [0.1, 0.15) is 21.7 Å². The van der Waals surface area contributed by atoms with E-state index < -0.39 is 5.97 Å². The minimum Gasteiger partial charge on any atom is -0.478 e. The monoisotopic (exact) mass is 229 g/mol. The van der Waals surface area contributed by atoms with E-state index in [2.05, 4.69) is 15.1 Å². The Labute approximate surface area is 96.0 Å². The summed E-state index contributed by atoms with van der Waals surface area (Å²) in [6.45, 7) is 1.58. The minimum absolute atomic E-state index is 0.0796. The van der Waals surface area contributed by atoms with Crippen LogP contribution < -0.4 is 0 Å². The molecule has 0 spiro atoms. The topological polar surface area (TPSA) is 105 Å². The average Bonchev–Trinajstić information content (AvgIpc) is 2.71. The Balaban J connectivity index is 2.50. The van der Waals surface area contributed by atoms with E-state index in [0.29, 0.717) is 5.69 Å². The zero-order valence-electron chi connectivity index (χ0n) is 8.82. The van der Waals surface area contributed by atoms with Crippen molar-refractivity contribution >= 4 is 5.97 Å². The number of nitrogens with zero attached hydrogens (tertiary/aromatic N) is 5. The molecular formula is C10H7N5O2. The molecule has 2 aromatic rings. The predicted octanol–water partition coefficient (Wildman–Crippen LogP) is 0.541. The second kappa shape index (κ2) is 4.02. The Bertz CT molecular complexity index is 626. The summed E-state index contributed by atoms with van der Waals surface area (Å²) in [5.74, 6) is -0.898. The molecule has 7 heteroatoms.